The smallest absolute Gasteiger partial charge is 0.272 e. The lowest BCUT2D eigenvalue weighted by molar-refractivity contribution is 0.0795. The van der Waals surface area contributed by atoms with Crippen LogP contribution in [0.2, 0.25) is 5.15 Å². The van der Waals surface area contributed by atoms with Gasteiger partial charge < -0.3 is 19.5 Å². The van der Waals surface area contributed by atoms with Gasteiger partial charge in [0.05, 0.1) is 14.2 Å². The van der Waals surface area contributed by atoms with Crippen LogP contribution in [0.5, 0.6) is 17.4 Å². The summed E-state index contributed by atoms with van der Waals surface area (Å²) in [5, 5.41) is 10.4. The van der Waals surface area contributed by atoms with E-state index in [0.29, 0.717) is 23.7 Å². The number of hydrogen-bond donors (Lipinski definition) is 1. The Morgan fingerprint density at radius 1 is 1.17 bits per heavy atom. The highest BCUT2D eigenvalue weighted by molar-refractivity contribution is 6.29. The first-order chi connectivity index (χ1) is 11.5. The quantitative estimate of drug-likeness (QED) is 0.779. The number of anilines is 1. The normalized spacial score (nSPS) is 10.6. The Hall–Kier alpha value is -2.35. The fourth-order valence-corrected chi connectivity index (χ4v) is 2.07. The Labute approximate surface area is 142 Å². The molecule has 0 unspecified atom stereocenters. The zero-order chi connectivity index (χ0) is 17.5. The lowest BCUT2D eigenvalue weighted by Gasteiger charge is -2.14. The van der Waals surface area contributed by atoms with Gasteiger partial charge in [0.2, 0.25) is 0 Å². The largest absolute Gasteiger partial charge is 0.497 e. The topological polar surface area (TPSA) is 65.5 Å². The molecule has 1 aromatic heterocycles. The van der Waals surface area contributed by atoms with Crippen LogP contribution in [-0.2, 0) is 6.54 Å². The van der Waals surface area contributed by atoms with Crippen molar-refractivity contribution in [1.29, 1.82) is 0 Å². The number of methoxy groups -OCH3 is 2. The van der Waals surface area contributed by atoms with E-state index in [0.717, 1.165) is 5.56 Å². The predicted molar refractivity (Wildman–Crippen MR) is 85.4 cm³/mol. The first-order valence-corrected chi connectivity index (χ1v) is 7.30. The Bertz CT molecular complexity index is 689. The third-order valence-electron chi connectivity index (χ3n) is 3.04. The molecular formula is C15H16ClF2N3O3. The van der Waals surface area contributed by atoms with Crippen molar-refractivity contribution < 1.29 is 23.0 Å². The highest BCUT2D eigenvalue weighted by Gasteiger charge is 2.12. The number of ether oxygens (including phenoxy) is 3. The number of alkyl halides is 2. The molecule has 2 rings (SSSR count). The van der Waals surface area contributed by atoms with Gasteiger partial charge in [-0.2, -0.15) is 0 Å². The summed E-state index contributed by atoms with van der Waals surface area (Å²) in [6.45, 7) is -0.447. The van der Waals surface area contributed by atoms with Crippen LogP contribution in [-0.4, -0.2) is 37.4 Å². The van der Waals surface area contributed by atoms with Crippen molar-refractivity contribution in [2.24, 2.45) is 0 Å². The van der Waals surface area contributed by atoms with Crippen LogP contribution in [0.4, 0.5) is 14.5 Å². The predicted octanol–water partition coefficient (Wildman–Crippen LogP) is 3.40. The molecule has 24 heavy (non-hydrogen) atoms. The van der Waals surface area contributed by atoms with E-state index in [-0.39, 0.29) is 11.0 Å². The molecule has 0 atom stereocenters. The number of aromatic nitrogens is 2. The second-order valence-electron chi connectivity index (χ2n) is 4.62. The molecule has 1 aromatic carbocycles. The number of halogens is 3. The van der Waals surface area contributed by atoms with E-state index in [1.807, 2.05) is 6.07 Å². The van der Waals surface area contributed by atoms with E-state index in [4.69, 9.17) is 25.8 Å². The van der Waals surface area contributed by atoms with Crippen molar-refractivity contribution in [3.8, 4) is 17.4 Å². The second kappa shape index (κ2) is 8.49. The van der Waals surface area contributed by atoms with Gasteiger partial charge in [0.15, 0.2) is 11.8 Å². The van der Waals surface area contributed by atoms with Crippen molar-refractivity contribution in [1.82, 2.24) is 10.2 Å². The van der Waals surface area contributed by atoms with E-state index in [1.54, 1.807) is 26.4 Å². The first-order valence-electron chi connectivity index (χ1n) is 6.92. The molecule has 0 aliphatic rings. The molecule has 1 N–H and O–H groups in total. The summed E-state index contributed by atoms with van der Waals surface area (Å²) in [5.74, 6) is 1.22. The molecule has 0 aliphatic carbocycles. The Morgan fingerprint density at radius 2 is 1.96 bits per heavy atom. The molecule has 0 saturated carbocycles. The van der Waals surface area contributed by atoms with Crippen LogP contribution in [0.1, 0.15) is 5.56 Å². The molecule has 1 heterocycles. The van der Waals surface area contributed by atoms with Crippen molar-refractivity contribution >= 4 is 17.3 Å². The third kappa shape index (κ3) is 4.82. The number of nitrogens with one attached hydrogen (secondary N) is 1. The molecule has 2 aromatic rings. The van der Waals surface area contributed by atoms with Crippen LogP contribution in [0, 0.1) is 0 Å². The van der Waals surface area contributed by atoms with Gasteiger partial charge in [-0.15, -0.1) is 10.2 Å². The fourth-order valence-electron chi connectivity index (χ4n) is 1.92. The maximum absolute atomic E-state index is 12.3. The molecule has 130 valence electrons. The highest BCUT2D eigenvalue weighted by atomic mass is 35.5. The van der Waals surface area contributed by atoms with E-state index >= 15 is 0 Å². The molecule has 0 aliphatic heterocycles. The van der Waals surface area contributed by atoms with E-state index in [9.17, 15) is 8.78 Å². The molecule has 0 saturated heterocycles. The summed E-state index contributed by atoms with van der Waals surface area (Å²) in [6.07, 6.45) is -2.61. The number of rotatable bonds is 8. The summed E-state index contributed by atoms with van der Waals surface area (Å²) >= 11 is 5.80. The highest BCUT2D eigenvalue weighted by Crippen LogP contribution is 2.28. The lowest BCUT2D eigenvalue weighted by atomic mass is 10.2. The Balaban J connectivity index is 2.15. The zero-order valence-electron chi connectivity index (χ0n) is 13.1. The summed E-state index contributed by atoms with van der Waals surface area (Å²) in [7, 11) is 3.10. The molecule has 0 fully saturated rings. The number of hydrogen-bond acceptors (Lipinski definition) is 6. The average Bonchev–Trinajstić information content (AvgIpc) is 2.58. The third-order valence-corrected chi connectivity index (χ3v) is 3.22. The zero-order valence-corrected chi connectivity index (χ0v) is 13.8. The maximum atomic E-state index is 12.3. The van der Waals surface area contributed by atoms with Gasteiger partial charge in [-0.1, -0.05) is 11.6 Å². The second-order valence-corrected chi connectivity index (χ2v) is 5.01. The summed E-state index contributed by atoms with van der Waals surface area (Å²) in [4.78, 5) is 0. The number of benzene rings is 1. The minimum atomic E-state index is -2.61. The van der Waals surface area contributed by atoms with Gasteiger partial charge in [0, 0.05) is 24.2 Å². The molecular weight excluding hydrogens is 344 g/mol. The average molecular weight is 360 g/mol. The Morgan fingerprint density at radius 3 is 2.62 bits per heavy atom. The van der Waals surface area contributed by atoms with E-state index in [1.165, 1.54) is 6.07 Å². The van der Waals surface area contributed by atoms with Crippen LogP contribution in [0.15, 0.2) is 24.3 Å². The monoisotopic (exact) mass is 359 g/mol. The van der Waals surface area contributed by atoms with Crippen LogP contribution >= 0.6 is 11.6 Å². The minimum Gasteiger partial charge on any atom is -0.497 e. The molecule has 0 amide bonds. The van der Waals surface area contributed by atoms with Gasteiger partial charge in [-0.05, 0) is 12.1 Å². The van der Waals surface area contributed by atoms with Crippen molar-refractivity contribution in [2.45, 2.75) is 13.0 Å². The van der Waals surface area contributed by atoms with E-state index < -0.39 is 13.0 Å². The van der Waals surface area contributed by atoms with Gasteiger partial charge in [0.1, 0.15) is 17.2 Å². The maximum Gasteiger partial charge on any atom is 0.272 e. The van der Waals surface area contributed by atoms with Crippen LogP contribution in [0.25, 0.3) is 0 Å². The SMILES string of the molecule is COc1ccc(CNc2cc(Cl)nnc2OCC(F)F)c(OC)c1. The Kier molecular flexibility index (Phi) is 6.36. The van der Waals surface area contributed by atoms with Gasteiger partial charge in [0.25, 0.3) is 12.3 Å². The van der Waals surface area contributed by atoms with Crippen LogP contribution < -0.4 is 19.5 Å². The molecule has 6 nitrogen and oxygen atoms in total. The van der Waals surface area contributed by atoms with Gasteiger partial charge in [-0.25, -0.2) is 8.78 Å². The van der Waals surface area contributed by atoms with Crippen molar-refractivity contribution in [3.63, 3.8) is 0 Å². The first kappa shape index (κ1) is 18.0. The summed E-state index contributed by atoms with van der Waals surface area (Å²) < 4.78 is 40.0. The number of nitrogens with zero attached hydrogens (tertiary/aromatic N) is 2. The minimum absolute atomic E-state index is 0.0489. The summed E-state index contributed by atoms with van der Waals surface area (Å²) in [6, 6.07) is 6.79. The molecule has 0 radical (unpaired) electrons. The molecule has 0 spiro atoms. The van der Waals surface area contributed by atoms with Crippen molar-refractivity contribution in [3.05, 3.63) is 35.0 Å². The van der Waals surface area contributed by atoms with Crippen LogP contribution in [0.3, 0.4) is 0 Å². The molecule has 0 bridgehead atoms. The summed E-state index contributed by atoms with van der Waals surface area (Å²) in [5.41, 5.74) is 1.18. The van der Waals surface area contributed by atoms with Gasteiger partial charge in [-0.3, -0.25) is 0 Å². The fraction of sp³-hybridized carbons (Fsp3) is 0.333. The lowest BCUT2D eigenvalue weighted by Crippen LogP contribution is -2.11. The van der Waals surface area contributed by atoms with Gasteiger partial charge >= 0.3 is 0 Å². The molecule has 9 heteroatoms. The van der Waals surface area contributed by atoms with E-state index in [2.05, 4.69) is 15.5 Å². The standard InChI is InChI=1S/C15H16ClF2N3O3/c1-22-10-4-3-9(12(5-10)23-2)7-19-11-6-13(16)20-21-15(11)24-8-14(17)18/h3-6,14H,7-8H2,1-2H3,(H,19,20). The van der Waals surface area contributed by atoms with Crippen molar-refractivity contribution in [2.75, 3.05) is 26.1 Å².